The molecule has 3 aromatic rings. The lowest BCUT2D eigenvalue weighted by molar-refractivity contribution is -0.145. The molecule has 0 spiro atoms. The first kappa shape index (κ1) is 11.8. The topological polar surface area (TPSA) is 17.3 Å². The van der Waals surface area contributed by atoms with Gasteiger partial charge in [0.15, 0.2) is 0 Å². The number of aromatic nitrogens is 2. The van der Waals surface area contributed by atoms with Gasteiger partial charge in [0.2, 0.25) is 5.82 Å². The Balaban J connectivity index is 2.20. The fourth-order valence-electron chi connectivity index (χ4n) is 2.00. The summed E-state index contributed by atoms with van der Waals surface area (Å²) in [5.41, 5.74) is 2.01. The Bertz CT molecular complexity index is 714. The standard InChI is InChI=1S/C14H9F3N2/c15-14(16,17)13-18-8-12-7-6-11(9-19(12)13)10-4-2-1-3-5-10/h1-9H. The molecule has 0 saturated carbocycles. The lowest BCUT2D eigenvalue weighted by Gasteiger charge is -2.07. The van der Waals surface area contributed by atoms with Gasteiger partial charge in [-0.25, -0.2) is 4.98 Å². The molecule has 2 heterocycles. The van der Waals surface area contributed by atoms with Crippen molar-refractivity contribution in [2.75, 3.05) is 0 Å². The van der Waals surface area contributed by atoms with E-state index in [1.807, 2.05) is 30.3 Å². The maximum Gasteiger partial charge on any atom is 0.450 e. The number of pyridine rings is 1. The van der Waals surface area contributed by atoms with Gasteiger partial charge in [0.25, 0.3) is 0 Å². The van der Waals surface area contributed by atoms with Gasteiger partial charge < -0.3 is 0 Å². The first-order valence-corrected chi connectivity index (χ1v) is 5.65. The number of halogens is 3. The quantitative estimate of drug-likeness (QED) is 0.647. The smallest absolute Gasteiger partial charge is 0.296 e. The maximum atomic E-state index is 12.8. The number of fused-ring (bicyclic) bond motifs is 1. The van der Waals surface area contributed by atoms with E-state index in [1.54, 1.807) is 12.1 Å². The normalized spacial score (nSPS) is 11.9. The van der Waals surface area contributed by atoms with E-state index in [0.29, 0.717) is 5.52 Å². The molecule has 2 nitrogen and oxygen atoms in total. The Kier molecular flexibility index (Phi) is 2.55. The van der Waals surface area contributed by atoms with Gasteiger partial charge in [-0.05, 0) is 17.2 Å². The first-order chi connectivity index (χ1) is 9.05. The summed E-state index contributed by atoms with van der Waals surface area (Å²) in [5, 5.41) is 0. The van der Waals surface area contributed by atoms with Crippen LogP contribution in [0.15, 0.2) is 54.9 Å². The Morgan fingerprint density at radius 3 is 2.32 bits per heavy atom. The SMILES string of the molecule is FC(F)(F)c1ncc2ccc(-c3ccccc3)cn12. The molecule has 0 amide bonds. The lowest BCUT2D eigenvalue weighted by Crippen LogP contribution is -2.10. The van der Waals surface area contributed by atoms with Crippen LogP contribution in [-0.4, -0.2) is 9.38 Å². The summed E-state index contributed by atoms with van der Waals surface area (Å²) in [6.45, 7) is 0. The van der Waals surface area contributed by atoms with Crippen LogP contribution in [0.5, 0.6) is 0 Å². The number of benzene rings is 1. The largest absolute Gasteiger partial charge is 0.450 e. The van der Waals surface area contributed by atoms with E-state index in [0.717, 1.165) is 15.5 Å². The van der Waals surface area contributed by atoms with Crippen molar-refractivity contribution in [2.24, 2.45) is 0 Å². The maximum absolute atomic E-state index is 12.8. The van der Waals surface area contributed by atoms with Gasteiger partial charge in [-0.2, -0.15) is 13.2 Å². The second kappa shape index (κ2) is 4.12. The summed E-state index contributed by atoms with van der Waals surface area (Å²) in [4.78, 5) is 3.44. The van der Waals surface area contributed by atoms with Crippen molar-refractivity contribution < 1.29 is 13.2 Å². The van der Waals surface area contributed by atoms with Crippen molar-refractivity contribution in [1.29, 1.82) is 0 Å². The molecule has 0 saturated heterocycles. The highest BCUT2D eigenvalue weighted by molar-refractivity contribution is 5.65. The van der Waals surface area contributed by atoms with Crippen molar-refractivity contribution in [3.63, 3.8) is 0 Å². The number of rotatable bonds is 1. The Hall–Kier alpha value is -2.30. The van der Waals surface area contributed by atoms with E-state index in [-0.39, 0.29) is 0 Å². The van der Waals surface area contributed by atoms with Gasteiger partial charge >= 0.3 is 6.18 Å². The van der Waals surface area contributed by atoms with Crippen molar-refractivity contribution in [3.8, 4) is 11.1 Å². The van der Waals surface area contributed by atoms with E-state index in [4.69, 9.17) is 0 Å². The van der Waals surface area contributed by atoms with Crippen LogP contribution in [0.3, 0.4) is 0 Å². The minimum atomic E-state index is -4.46. The first-order valence-electron chi connectivity index (χ1n) is 5.65. The van der Waals surface area contributed by atoms with Crippen LogP contribution in [0.25, 0.3) is 16.6 Å². The predicted octanol–water partition coefficient (Wildman–Crippen LogP) is 4.02. The van der Waals surface area contributed by atoms with Crippen molar-refractivity contribution >= 4 is 5.52 Å². The number of hydrogen-bond acceptors (Lipinski definition) is 1. The minimum Gasteiger partial charge on any atom is -0.296 e. The van der Waals surface area contributed by atoms with Crippen molar-refractivity contribution in [3.05, 3.63) is 60.7 Å². The Labute approximate surface area is 107 Å². The third kappa shape index (κ3) is 2.07. The summed E-state index contributed by atoms with van der Waals surface area (Å²) < 4.78 is 39.5. The molecule has 1 aromatic carbocycles. The minimum absolute atomic E-state index is 0.423. The highest BCUT2D eigenvalue weighted by Crippen LogP contribution is 2.30. The highest BCUT2D eigenvalue weighted by Gasteiger charge is 2.35. The molecule has 3 rings (SSSR count). The van der Waals surface area contributed by atoms with E-state index in [2.05, 4.69) is 4.98 Å². The van der Waals surface area contributed by atoms with Crippen LogP contribution in [0, 0.1) is 0 Å². The number of imidazole rings is 1. The summed E-state index contributed by atoms with van der Waals surface area (Å²) in [6.07, 6.45) is -1.78. The highest BCUT2D eigenvalue weighted by atomic mass is 19.4. The molecule has 0 bridgehead atoms. The number of hydrogen-bond donors (Lipinski definition) is 0. The molecule has 0 aliphatic rings. The van der Waals surface area contributed by atoms with Crippen LogP contribution in [0.4, 0.5) is 13.2 Å². The second-order valence-corrected chi connectivity index (χ2v) is 4.16. The molecule has 5 heteroatoms. The number of nitrogens with zero attached hydrogens (tertiary/aromatic N) is 2. The monoisotopic (exact) mass is 262 g/mol. The molecule has 2 aromatic heterocycles. The molecule has 0 radical (unpaired) electrons. The van der Waals surface area contributed by atoms with Crippen LogP contribution >= 0.6 is 0 Å². The van der Waals surface area contributed by atoms with E-state index < -0.39 is 12.0 Å². The molecule has 96 valence electrons. The molecule has 0 unspecified atom stereocenters. The fourth-order valence-corrected chi connectivity index (χ4v) is 2.00. The van der Waals surface area contributed by atoms with Gasteiger partial charge in [0.05, 0.1) is 11.7 Å². The van der Waals surface area contributed by atoms with Crippen LogP contribution < -0.4 is 0 Å². The molecule has 0 N–H and O–H groups in total. The Morgan fingerprint density at radius 2 is 1.63 bits per heavy atom. The molecular formula is C14H9F3N2. The van der Waals surface area contributed by atoms with Gasteiger partial charge in [0.1, 0.15) is 0 Å². The third-order valence-corrected chi connectivity index (χ3v) is 2.89. The zero-order valence-corrected chi connectivity index (χ0v) is 9.72. The zero-order chi connectivity index (χ0) is 13.5. The van der Waals surface area contributed by atoms with Crippen molar-refractivity contribution in [1.82, 2.24) is 9.38 Å². The third-order valence-electron chi connectivity index (χ3n) is 2.89. The van der Waals surface area contributed by atoms with E-state index in [1.165, 1.54) is 12.4 Å². The average molecular weight is 262 g/mol. The average Bonchev–Trinajstić information content (AvgIpc) is 2.82. The number of alkyl halides is 3. The van der Waals surface area contributed by atoms with E-state index in [9.17, 15) is 13.2 Å². The molecular weight excluding hydrogens is 253 g/mol. The fraction of sp³-hybridized carbons (Fsp3) is 0.0714. The van der Waals surface area contributed by atoms with Crippen molar-refractivity contribution in [2.45, 2.75) is 6.18 Å². The molecule has 0 aliphatic heterocycles. The van der Waals surface area contributed by atoms with Crippen LogP contribution in [0.1, 0.15) is 5.82 Å². The van der Waals surface area contributed by atoms with E-state index >= 15 is 0 Å². The second-order valence-electron chi connectivity index (χ2n) is 4.16. The summed E-state index contributed by atoms with van der Waals surface area (Å²) >= 11 is 0. The summed E-state index contributed by atoms with van der Waals surface area (Å²) in [6, 6.07) is 12.7. The summed E-state index contributed by atoms with van der Waals surface area (Å²) in [7, 11) is 0. The van der Waals surface area contributed by atoms with Gasteiger partial charge in [-0.1, -0.05) is 36.4 Å². The molecule has 0 fully saturated rings. The lowest BCUT2D eigenvalue weighted by atomic mass is 10.1. The zero-order valence-electron chi connectivity index (χ0n) is 9.72. The van der Waals surface area contributed by atoms with Gasteiger partial charge in [-0.15, -0.1) is 0 Å². The van der Waals surface area contributed by atoms with Crippen LogP contribution in [0.2, 0.25) is 0 Å². The molecule has 19 heavy (non-hydrogen) atoms. The predicted molar refractivity (Wildman–Crippen MR) is 65.6 cm³/mol. The molecule has 0 aliphatic carbocycles. The van der Waals surface area contributed by atoms with Crippen LogP contribution in [-0.2, 0) is 6.18 Å². The molecule has 0 atom stereocenters. The summed E-state index contributed by atoms with van der Waals surface area (Å²) in [5.74, 6) is -0.903. The van der Waals surface area contributed by atoms with Gasteiger partial charge in [-0.3, -0.25) is 4.40 Å². The van der Waals surface area contributed by atoms with Gasteiger partial charge in [0, 0.05) is 6.20 Å². The Morgan fingerprint density at radius 1 is 0.895 bits per heavy atom.